The molecule has 0 aliphatic carbocycles. The fraction of sp³-hybridized carbons (Fsp3) is 0.289. The number of rotatable bonds is 11. The molecule has 6 rings (SSSR count). The third-order valence-electron chi connectivity index (χ3n) is 8.62. The maximum Gasteiger partial charge on any atom is 0.408 e. The highest BCUT2D eigenvalue weighted by Crippen LogP contribution is 2.43. The lowest BCUT2D eigenvalue weighted by molar-refractivity contribution is -0.268. The second kappa shape index (κ2) is 15.6. The molecule has 48 heavy (non-hydrogen) atoms. The molecule has 2 aliphatic heterocycles. The van der Waals surface area contributed by atoms with E-state index in [4.69, 9.17) is 14.2 Å². The summed E-state index contributed by atoms with van der Waals surface area (Å²) in [5.74, 6) is -0.0366. The number of benzene rings is 4. The summed E-state index contributed by atoms with van der Waals surface area (Å²) in [6.07, 6.45) is -1.85. The average molecular weight is 667 g/mol. The van der Waals surface area contributed by atoms with Crippen molar-refractivity contribution in [2.24, 2.45) is 5.92 Å². The molecule has 0 radical (unpaired) electrons. The van der Waals surface area contributed by atoms with Crippen molar-refractivity contribution in [2.45, 2.75) is 62.5 Å². The number of nitrogens with zero attached hydrogens (tertiary/aromatic N) is 1. The van der Waals surface area contributed by atoms with Crippen LogP contribution in [0.4, 0.5) is 4.79 Å². The molecule has 5 unspecified atom stereocenters. The van der Waals surface area contributed by atoms with Gasteiger partial charge in [-0.25, -0.2) is 4.79 Å². The van der Waals surface area contributed by atoms with Crippen molar-refractivity contribution in [2.75, 3.05) is 5.75 Å². The molecule has 0 bridgehead atoms. The van der Waals surface area contributed by atoms with Crippen LogP contribution in [0.25, 0.3) is 0 Å². The molecule has 0 spiro atoms. The topological polar surface area (TPSA) is 114 Å². The number of carbonyl (C=O) groups excluding carboxylic acids is 3. The molecule has 4 aromatic carbocycles. The van der Waals surface area contributed by atoms with Gasteiger partial charge in [-0.05, 0) is 34.4 Å². The first-order chi connectivity index (χ1) is 23.4. The molecule has 5 atom stereocenters. The molecule has 2 heterocycles. The van der Waals surface area contributed by atoms with Crippen LogP contribution in [0, 0.1) is 5.92 Å². The summed E-state index contributed by atoms with van der Waals surface area (Å²) in [5.41, 5.74) is 4.24. The van der Waals surface area contributed by atoms with E-state index in [2.05, 4.69) is 24.4 Å². The highest BCUT2D eigenvalue weighted by Gasteiger charge is 2.40. The first-order valence-electron chi connectivity index (χ1n) is 16.0. The summed E-state index contributed by atoms with van der Waals surface area (Å²) in [6, 6.07) is 33.8. The number of imide groups is 1. The van der Waals surface area contributed by atoms with Crippen molar-refractivity contribution in [1.82, 2.24) is 10.2 Å². The lowest BCUT2D eigenvalue weighted by atomic mass is 9.91. The number of ether oxygens (including phenoxy) is 3. The summed E-state index contributed by atoms with van der Waals surface area (Å²) in [4.78, 5) is 40.5. The Kier molecular flexibility index (Phi) is 10.9. The number of aliphatic hydroxyl groups excluding tert-OH is 1. The molecule has 0 aromatic heterocycles. The van der Waals surface area contributed by atoms with Crippen molar-refractivity contribution >= 4 is 29.7 Å². The number of nitrogens with one attached hydrogen (secondary N) is 1. The lowest BCUT2D eigenvalue weighted by Gasteiger charge is -2.41. The molecule has 2 N–H and O–H groups in total. The number of amides is 3. The van der Waals surface area contributed by atoms with Gasteiger partial charge in [0.2, 0.25) is 5.91 Å². The van der Waals surface area contributed by atoms with Gasteiger partial charge in [-0.3, -0.25) is 14.5 Å². The van der Waals surface area contributed by atoms with Gasteiger partial charge < -0.3 is 24.6 Å². The van der Waals surface area contributed by atoms with Gasteiger partial charge in [0, 0.05) is 22.1 Å². The smallest absolute Gasteiger partial charge is 0.408 e. The van der Waals surface area contributed by atoms with Crippen LogP contribution in [0.3, 0.4) is 0 Å². The number of likely N-dealkylation sites (tertiary alicyclic amines) is 1. The van der Waals surface area contributed by atoms with Gasteiger partial charge >= 0.3 is 6.09 Å². The molecule has 9 nitrogen and oxygen atoms in total. The maximum atomic E-state index is 13.1. The quantitative estimate of drug-likeness (QED) is 0.141. The van der Waals surface area contributed by atoms with Crippen LogP contribution in [0.1, 0.15) is 53.6 Å². The van der Waals surface area contributed by atoms with Crippen LogP contribution in [0.15, 0.2) is 114 Å². The highest BCUT2D eigenvalue weighted by atomic mass is 32.2. The zero-order chi connectivity index (χ0) is 33.5. The van der Waals surface area contributed by atoms with E-state index in [9.17, 15) is 19.5 Å². The summed E-state index contributed by atoms with van der Waals surface area (Å²) in [6.45, 7) is 2.25. The van der Waals surface area contributed by atoms with E-state index in [0.29, 0.717) is 0 Å². The van der Waals surface area contributed by atoms with Crippen molar-refractivity contribution < 1.29 is 33.7 Å². The second-order valence-electron chi connectivity index (χ2n) is 12.0. The Morgan fingerprint density at radius 3 is 2.19 bits per heavy atom. The minimum Gasteiger partial charge on any atom is -0.445 e. The Balaban J connectivity index is 1.10. The van der Waals surface area contributed by atoms with Crippen molar-refractivity contribution in [3.8, 4) is 0 Å². The van der Waals surface area contributed by atoms with Crippen LogP contribution >= 0.6 is 11.8 Å². The number of hydrogen-bond donors (Lipinski definition) is 2. The molecular formula is C38H38N2O7S. The van der Waals surface area contributed by atoms with Gasteiger partial charge in [0.25, 0.3) is 5.91 Å². The number of thioether (sulfide) groups is 1. The number of hydrogen-bond acceptors (Lipinski definition) is 8. The fourth-order valence-electron chi connectivity index (χ4n) is 5.84. The molecular weight excluding hydrogens is 628 g/mol. The molecule has 3 amide bonds. The highest BCUT2D eigenvalue weighted by molar-refractivity contribution is 7.99. The van der Waals surface area contributed by atoms with Crippen LogP contribution in [-0.2, 0) is 43.6 Å². The third-order valence-corrected chi connectivity index (χ3v) is 9.72. The van der Waals surface area contributed by atoms with E-state index in [1.54, 1.807) is 11.8 Å². The summed E-state index contributed by atoms with van der Waals surface area (Å²) in [7, 11) is 0. The van der Waals surface area contributed by atoms with Crippen LogP contribution in [0.2, 0.25) is 0 Å². The number of aliphatic hydroxyl groups is 1. The second-order valence-corrected chi connectivity index (χ2v) is 13.1. The molecule has 0 saturated carbocycles. The van der Waals surface area contributed by atoms with Gasteiger partial charge in [-0.15, -0.1) is 11.8 Å². The largest absolute Gasteiger partial charge is 0.445 e. The van der Waals surface area contributed by atoms with E-state index >= 15 is 0 Å². The first-order valence-corrected chi connectivity index (χ1v) is 16.9. The normalized spacial score (nSPS) is 22.5. The maximum absolute atomic E-state index is 13.1. The predicted molar refractivity (Wildman–Crippen MR) is 180 cm³/mol. The fourth-order valence-corrected chi connectivity index (χ4v) is 6.93. The minimum atomic E-state index is -0.972. The van der Waals surface area contributed by atoms with Gasteiger partial charge in [-0.1, -0.05) is 104 Å². The van der Waals surface area contributed by atoms with Crippen molar-refractivity contribution in [3.05, 3.63) is 137 Å². The Morgan fingerprint density at radius 1 is 0.854 bits per heavy atom. The molecule has 2 saturated heterocycles. The van der Waals surface area contributed by atoms with Crippen molar-refractivity contribution in [3.63, 3.8) is 0 Å². The van der Waals surface area contributed by atoms with Gasteiger partial charge in [0.1, 0.15) is 12.6 Å². The SMILES string of the molecule is CC1C(CSc2ccccc2)OC(c2ccc(CN3C(=O)CC(NC(=O)OCc4ccccc4)C3=O)cc2)OC1c1ccc(CO)cc1. The zero-order valence-electron chi connectivity index (χ0n) is 26.6. The third kappa shape index (κ3) is 8.14. The van der Waals surface area contributed by atoms with E-state index in [1.807, 2.05) is 97.1 Å². The Labute approximate surface area is 284 Å². The summed E-state index contributed by atoms with van der Waals surface area (Å²) < 4.78 is 18.4. The average Bonchev–Trinajstić information content (AvgIpc) is 3.38. The van der Waals surface area contributed by atoms with Crippen LogP contribution in [-0.4, -0.2) is 45.8 Å². The zero-order valence-corrected chi connectivity index (χ0v) is 27.4. The van der Waals surface area contributed by atoms with Gasteiger partial charge in [-0.2, -0.15) is 0 Å². The molecule has 10 heteroatoms. The van der Waals surface area contributed by atoms with E-state index in [-0.39, 0.29) is 50.2 Å². The summed E-state index contributed by atoms with van der Waals surface area (Å²) in [5, 5.41) is 12.1. The summed E-state index contributed by atoms with van der Waals surface area (Å²) >= 11 is 1.74. The molecule has 4 aromatic rings. The number of alkyl carbamates (subject to hydrolysis) is 1. The Bertz CT molecular complexity index is 1690. The van der Waals surface area contributed by atoms with Crippen LogP contribution < -0.4 is 5.32 Å². The molecule has 248 valence electrons. The van der Waals surface area contributed by atoms with Gasteiger partial charge in [0.05, 0.1) is 31.8 Å². The van der Waals surface area contributed by atoms with Gasteiger partial charge in [0.15, 0.2) is 6.29 Å². The van der Waals surface area contributed by atoms with E-state index < -0.39 is 24.3 Å². The first kappa shape index (κ1) is 33.4. The standard InChI is InChI=1S/C38H38N2O7S/c1-25-33(24-48-31-10-6-3-7-11-31)46-37(47-35(25)29-16-14-27(22-41)15-17-29)30-18-12-26(13-19-30)21-40-34(42)20-32(36(40)43)39-38(44)45-23-28-8-4-2-5-9-28/h2-19,25,32-33,35,37,41H,20-24H2,1H3,(H,39,44). The van der Waals surface area contributed by atoms with E-state index in [0.717, 1.165) is 43.4 Å². The predicted octanol–water partition coefficient (Wildman–Crippen LogP) is 6.32. The van der Waals surface area contributed by atoms with Crippen LogP contribution in [0.5, 0.6) is 0 Å². The minimum absolute atomic E-state index is 0.0249. The molecule has 2 fully saturated rings. The molecule has 2 aliphatic rings. The van der Waals surface area contributed by atoms with E-state index in [1.165, 1.54) is 0 Å². The Hall–Kier alpha value is -4.48. The lowest BCUT2D eigenvalue weighted by Crippen LogP contribution is -2.41. The number of carbonyl (C=O) groups is 3. The van der Waals surface area contributed by atoms with Crippen molar-refractivity contribution in [1.29, 1.82) is 0 Å². The monoisotopic (exact) mass is 666 g/mol. The Morgan fingerprint density at radius 2 is 1.50 bits per heavy atom.